The van der Waals surface area contributed by atoms with E-state index in [9.17, 15) is 4.79 Å². The fourth-order valence-corrected chi connectivity index (χ4v) is 7.26. The summed E-state index contributed by atoms with van der Waals surface area (Å²) in [7, 11) is 6.30. The van der Waals surface area contributed by atoms with Gasteiger partial charge in [0, 0.05) is 31.2 Å². The van der Waals surface area contributed by atoms with Crippen LogP contribution in [0.1, 0.15) is 38.4 Å². The maximum Gasteiger partial charge on any atom is 0.315 e. The van der Waals surface area contributed by atoms with Gasteiger partial charge in [-0.25, -0.2) is 0 Å². The average molecular weight is 445 g/mol. The molecule has 6 rings (SSSR count). The normalized spacial score (nSPS) is 34.4. The third kappa shape index (κ3) is 2.56. The standard InChI is InChI=1S/C25H33N2O3.ClH/c1-7-15-14-27(5)19-12-17-16-10-9-11-20(29-6)22(16)26(4)23(17)25(27,3)13-18(15)21(19)24(28)30-8-2;/h7,9-11,18-19,21H,8,12-14H2,1-6H3;1H/q+1;/p-1/b15-7-;/t18-,19-,21+,25-,27?;/m0./s1. The lowest BCUT2D eigenvalue weighted by molar-refractivity contribution is -1.00. The smallest absolute Gasteiger partial charge is 0.315 e. The third-order valence-corrected chi connectivity index (χ3v) is 8.67. The number of para-hydroxylation sites is 1. The molecular formula is C25H33ClN2O3. The molecule has 0 radical (unpaired) electrons. The van der Waals surface area contributed by atoms with Crippen molar-refractivity contribution in [2.75, 3.05) is 27.3 Å². The van der Waals surface area contributed by atoms with Crippen LogP contribution in [0.25, 0.3) is 10.9 Å². The van der Waals surface area contributed by atoms with Crippen LogP contribution in [0.5, 0.6) is 5.75 Å². The lowest BCUT2D eigenvalue weighted by Crippen LogP contribution is -3.00. The Morgan fingerprint density at radius 3 is 2.77 bits per heavy atom. The summed E-state index contributed by atoms with van der Waals surface area (Å²) in [4.78, 5) is 13.2. The first-order chi connectivity index (χ1) is 14.3. The van der Waals surface area contributed by atoms with Crippen molar-refractivity contribution < 1.29 is 31.2 Å². The number of quaternary nitrogens is 1. The van der Waals surface area contributed by atoms with Crippen molar-refractivity contribution in [3.63, 3.8) is 0 Å². The Morgan fingerprint density at radius 1 is 1.39 bits per heavy atom. The van der Waals surface area contributed by atoms with Gasteiger partial charge >= 0.3 is 5.97 Å². The molecule has 0 spiro atoms. The van der Waals surface area contributed by atoms with Gasteiger partial charge < -0.3 is 30.9 Å². The van der Waals surface area contributed by atoms with Gasteiger partial charge in [-0.2, -0.15) is 0 Å². The van der Waals surface area contributed by atoms with E-state index < -0.39 is 0 Å². The number of halogens is 1. The van der Waals surface area contributed by atoms with E-state index in [1.165, 1.54) is 27.7 Å². The molecule has 5 heterocycles. The summed E-state index contributed by atoms with van der Waals surface area (Å²) in [6.07, 6.45) is 4.13. The second-order valence-electron chi connectivity index (χ2n) is 9.67. The Balaban J connectivity index is 0.00000231. The minimum Gasteiger partial charge on any atom is -1.00 e. The van der Waals surface area contributed by atoms with Crippen LogP contribution in [0.3, 0.4) is 0 Å². The number of methoxy groups -OCH3 is 1. The molecule has 3 saturated heterocycles. The summed E-state index contributed by atoms with van der Waals surface area (Å²) in [6, 6.07) is 6.58. The summed E-state index contributed by atoms with van der Waals surface area (Å²) < 4.78 is 14.6. The van der Waals surface area contributed by atoms with E-state index in [0.717, 1.165) is 29.6 Å². The largest absolute Gasteiger partial charge is 1.00 e. The van der Waals surface area contributed by atoms with Gasteiger partial charge in [0.15, 0.2) is 0 Å². The van der Waals surface area contributed by atoms with Crippen LogP contribution < -0.4 is 17.1 Å². The maximum absolute atomic E-state index is 13.2. The van der Waals surface area contributed by atoms with Crippen LogP contribution in [-0.2, 0) is 28.5 Å². The van der Waals surface area contributed by atoms with Gasteiger partial charge in [-0.15, -0.1) is 0 Å². The number of benzene rings is 1. The Hall–Kier alpha value is -1.98. The number of piperidine rings is 3. The van der Waals surface area contributed by atoms with Gasteiger partial charge in [0.25, 0.3) is 0 Å². The number of hydrogen-bond donors (Lipinski definition) is 0. The Labute approximate surface area is 191 Å². The molecule has 0 aliphatic carbocycles. The van der Waals surface area contributed by atoms with Gasteiger partial charge in [0.2, 0.25) is 0 Å². The van der Waals surface area contributed by atoms with Crippen molar-refractivity contribution in [2.45, 2.75) is 45.2 Å². The minimum atomic E-state index is -0.0722. The lowest BCUT2D eigenvalue weighted by atomic mass is 9.57. The first-order valence-corrected chi connectivity index (χ1v) is 11.1. The Bertz CT molecular complexity index is 1090. The number of aryl methyl sites for hydroxylation is 1. The Morgan fingerprint density at radius 2 is 2.13 bits per heavy atom. The molecule has 2 aromatic rings. The van der Waals surface area contributed by atoms with Crippen LogP contribution >= 0.6 is 0 Å². The molecule has 5 nitrogen and oxygen atoms in total. The molecule has 0 N–H and O–H groups in total. The molecular weight excluding hydrogens is 412 g/mol. The van der Waals surface area contributed by atoms with E-state index in [1.54, 1.807) is 7.11 Å². The first-order valence-electron chi connectivity index (χ1n) is 11.1. The number of carbonyl (C=O) groups excluding carboxylic acids is 1. The predicted octanol–water partition coefficient (Wildman–Crippen LogP) is 0.937. The van der Waals surface area contributed by atoms with Crippen molar-refractivity contribution in [1.29, 1.82) is 0 Å². The number of ether oxygens (including phenoxy) is 2. The van der Waals surface area contributed by atoms with Gasteiger partial charge in [0.05, 0.1) is 32.0 Å². The molecule has 6 heteroatoms. The summed E-state index contributed by atoms with van der Waals surface area (Å²) in [5, 5.41) is 1.27. The number of esters is 1. The molecule has 4 aliphatic rings. The van der Waals surface area contributed by atoms with Crippen LogP contribution in [0, 0.1) is 11.8 Å². The minimum absolute atomic E-state index is 0. The van der Waals surface area contributed by atoms with Crippen LogP contribution in [-0.4, -0.2) is 48.4 Å². The van der Waals surface area contributed by atoms with Crippen molar-refractivity contribution >= 4 is 16.9 Å². The molecule has 31 heavy (non-hydrogen) atoms. The average Bonchev–Trinajstić information content (AvgIpc) is 3.01. The zero-order chi connectivity index (χ0) is 21.4. The Kier molecular flexibility index (Phi) is 5.22. The number of fused-ring (bicyclic) bond motifs is 4. The zero-order valence-electron chi connectivity index (χ0n) is 19.4. The van der Waals surface area contributed by atoms with E-state index >= 15 is 0 Å². The molecule has 0 amide bonds. The highest BCUT2D eigenvalue weighted by molar-refractivity contribution is 5.91. The van der Waals surface area contributed by atoms with Crippen molar-refractivity contribution in [1.82, 2.24) is 4.57 Å². The zero-order valence-corrected chi connectivity index (χ0v) is 20.1. The number of rotatable bonds is 3. The monoisotopic (exact) mass is 444 g/mol. The second-order valence-corrected chi connectivity index (χ2v) is 9.67. The third-order valence-electron chi connectivity index (χ3n) is 8.67. The highest BCUT2D eigenvalue weighted by Crippen LogP contribution is 2.61. The maximum atomic E-state index is 13.2. The number of nitrogens with zero attached hydrogens (tertiary/aromatic N) is 2. The molecule has 1 aromatic heterocycles. The topological polar surface area (TPSA) is 40.5 Å². The number of hydrogen-bond acceptors (Lipinski definition) is 3. The van der Waals surface area contributed by atoms with Gasteiger partial charge in [-0.05, 0) is 38.0 Å². The van der Waals surface area contributed by atoms with Gasteiger partial charge in [-0.1, -0.05) is 18.2 Å². The molecule has 0 saturated carbocycles. The molecule has 168 valence electrons. The predicted molar refractivity (Wildman–Crippen MR) is 117 cm³/mol. The number of likely N-dealkylation sites (N-methyl/N-ethyl adjacent to an activating group) is 1. The SMILES string of the molecule is C/C=C1/C[N+]2(C)[C@H]3Cc4c(n(C)c5c(OC)cccc45)[C@]2(C)C[C@@H]1[C@H]3C(=O)OCC.[Cl-]. The second kappa shape index (κ2) is 7.28. The number of allylic oxidation sites excluding steroid dienone is 1. The molecule has 5 atom stereocenters. The first kappa shape index (κ1) is 22.2. The van der Waals surface area contributed by atoms with Crippen LogP contribution in [0.4, 0.5) is 0 Å². The van der Waals surface area contributed by atoms with E-state index in [2.05, 4.69) is 50.7 Å². The van der Waals surface area contributed by atoms with Crippen LogP contribution in [0.15, 0.2) is 29.8 Å². The van der Waals surface area contributed by atoms with Gasteiger partial charge in [-0.3, -0.25) is 4.79 Å². The summed E-state index contributed by atoms with van der Waals surface area (Å²) in [5.74, 6) is 1.09. The van der Waals surface area contributed by atoms with Crippen molar-refractivity contribution in [3.8, 4) is 5.75 Å². The van der Waals surface area contributed by atoms with Crippen molar-refractivity contribution in [3.05, 3.63) is 41.1 Å². The molecule has 1 unspecified atom stereocenters. The number of aromatic nitrogens is 1. The molecule has 1 aromatic carbocycles. The number of carbonyl (C=O) groups is 1. The molecule has 4 bridgehead atoms. The van der Waals surface area contributed by atoms with Crippen LogP contribution in [0.2, 0.25) is 0 Å². The van der Waals surface area contributed by atoms with Gasteiger partial charge in [0.1, 0.15) is 29.8 Å². The molecule has 4 aliphatic heterocycles. The van der Waals surface area contributed by atoms with E-state index in [4.69, 9.17) is 9.47 Å². The summed E-state index contributed by atoms with van der Waals surface area (Å²) in [5.41, 5.74) is 5.36. The highest BCUT2D eigenvalue weighted by atomic mass is 35.5. The quantitative estimate of drug-likeness (QED) is 0.402. The fourth-order valence-electron chi connectivity index (χ4n) is 7.26. The molecule has 3 fully saturated rings. The fraction of sp³-hybridized carbons (Fsp3) is 0.560. The lowest BCUT2D eigenvalue weighted by Gasteiger charge is -2.67. The van der Waals surface area contributed by atoms with E-state index in [1.807, 2.05) is 13.0 Å². The summed E-state index contributed by atoms with van der Waals surface area (Å²) in [6.45, 7) is 7.90. The summed E-state index contributed by atoms with van der Waals surface area (Å²) >= 11 is 0. The van der Waals surface area contributed by atoms with E-state index in [0.29, 0.717) is 6.61 Å². The van der Waals surface area contributed by atoms with E-state index in [-0.39, 0.29) is 41.8 Å². The van der Waals surface area contributed by atoms with Crippen molar-refractivity contribution in [2.24, 2.45) is 18.9 Å². The highest BCUT2D eigenvalue weighted by Gasteiger charge is 2.69.